The minimum absolute atomic E-state index is 0.667. The molecule has 1 aromatic rings. The normalized spacial score (nSPS) is 31.4. The molecule has 3 heteroatoms. The van der Waals surface area contributed by atoms with Crippen molar-refractivity contribution in [3.63, 3.8) is 0 Å². The lowest BCUT2D eigenvalue weighted by molar-refractivity contribution is 0.403. The molecule has 0 aromatic carbocycles. The summed E-state index contributed by atoms with van der Waals surface area (Å²) < 4.78 is 2.05. The molecule has 1 N–H and O–H groups in total. The maximum Gasteiger partial charge on any atom is 0.0596 e. The van der Waals surface area contributed by atoms with Crippen LogP contribution in [0.2, 0.25) is 0 Å². The molecular formula is C15H25N3. The molecule has 2 fully saturated rings. The van der Waals surface area contributed by atoms with Crippen molar-refractivity contribution in [1.29, 1.82) is 0 Å². The summed E-state index contributed by atoms with van der Waals surface area (Å²) in [5.74, 6) is 3.00. The Bertz CT molecular complexity index is 413. The number of nitrogens with zero attached hydrogens (tertiary/aromatic N) is 2. The Labute approximate surface area is 110 Å². The van der Waals surface area contributed by atoms with Gasteiger partial charge in [0.1, 0.15) is 0 Å². The number of likely N-dealkylation sites (N-methyl/N-ethyl adjacent to an activating group) is 1. The second-order valence-corrected chi connectivity index (χ2v) is 6.10. The predicted molar refractivity (Wildman–Crippen MR) is 73.4 cm³/mol. The minimum Gasteiger partial charge on any atom is -0.314 e. The summed E-state index contributed by atoms with van der Waals surface area (Å²) in [5, 5.41) is 8.18. The fraction of sp³-hybridized carbons (Fsp3) is 0.800. The van der Waals surface area contributed by atoms with Crippen molar-refractivity contribution in [3.05, 3.63) is 17.5 Å². The lowest BCUT2D eigenvalue weighted by Crippen LogP contribution is -2.35. The maximum atomic E-state index is 4.47. The molecule has 18 heavy (non-hydrogen) atoms. The second kappa shape index (κ2) is 4.69. The lowest BCUT2D eigenvalue weighted by atomic mass is 9.99. The molecular weight excluding hydrogens is 222 g/mol. The fourth-order valence-electron chi connectivity index (χ4n) is 4.16. The largest absolute Gasteiger partial charge is 0.314 e. The predicted octanol–water partition coefficient (Wildman–Crippen LogP) is 2.30. The van der Waals surface area contributed by atoms with Gasteiger partial charge >= 0.3 is 0 Å². The number of aromatic nitrogens is 2. The third-order valence-electron chi connectivity index (χ3n) is 4.93. The maximum absolute atomic E-state index is 4.47. The monoisotopic (exact) mass is 247 g/mol. The Morgan fingerprint density at radius 1 is 1.44 bits per heavy atom. The Kier molecular flexibility index (Phi) is 3.18. The average Bonchev–Trinajstić information content (AvgIpc) is 2.68. The van der Waals surface area contributed by atoms with E-state index in [1.807, 2.05) is 0 Å². The first kappa shape index (κ1) is 12.2. The van der Waals surface area contributed by atoms with Crippen LogP contribution in [-0.2, 0) is 13.5 Å². The highest BCUT2D eigenvalue weighted by Crippen LogP contribution is 2.59. The van der Waals surface area contributed by atoms with Gasteiger partial charge in [0.15, 0.2) is 0 Å². The number of hydrogen-bond acceptors (Lipinski definition) is 2. The molecule has 0 aliphatic heterocycles. The van der Waals surface area contributed by atoms with Crippen molar-refractivity contribution in [2.45, 2.75) is 45.6 Å². The first-order valence-corrected chi connectivity index (χ1v) is 7.43. The number of hydrogen-bond donors (Lipinski definition) is 1. The zero-order chi connectivity index (χ0) is 12.7. The molecule has 1 heterocycles. The van der Waals surface area contributed by atoms with Gasteiger partial charge in [-0.2, -0.15) is 5.10 Å². The van der Waals surface area contributed by atoms with E-state index >= 15 is 0 Å². The molecule has 0 amide bonds. The number of rotatable bonds is 5. The molecule has 2 aliphatic carbocycles. The van der Waals surface area contributed by atoms with Gasteiger partial charge in [0.2, 0.25) is 0 Å². The molecule has 2 aliphatic rings. The van der Waals surface area contributed by atoms with Gasteiger partial charge in [0.25, 0.3) is 0 Å². The van der Waals surface area contributed by atoms with Crippen LogP contribution in [0.15, 0.2) is 6.07 Å². The molecule has 3 atom stereocenters. The highest BCUT2D eigenvalue weighted by Gasteiger charge is 2.55. The summed E-state index contributed by atoms with van der Waals surface area (Å²) in [7, 11) is 2.07. The third-order valence-corrected chi connectivity index (χ3v) is 4.93. The van der Waals surface area contributed by atoms with Crippen molar-refractivity contribution in [2.75, 3.05) is 6.54 Å². The van der Waals surface area contributed by atoms with Crippen molar-refractivity contribution < 1.29 is 0 Å². The van der Waals surface area contributed by atoms with E-state index in [-0.39, 0.29) is 0 Å². The second-order valence-electron chi connectivity index (χ2n) is 6.10. The molecule has 0 saturated heterocycles. The van der Waals surface area contributed by atoms with Crippen molar-refractivity contribution in [2.24, 2.45) is 24.8 Å². The zero-order valence-corrected chi connectivity index (χ0v) is 11.8. The Hall–Kier alpha value is -0.830. The average molecular weight is 247 g/mol. The Morgan fingerprint density at radius 2 is 2.17 bits per heavy atom. The van der Waals surface area contributed by atoms with Crippen LogP contribution in [0.4, 0.5) is 0 Å². The van der Waals surface area contributed by atoms with Gasteiger partial charge in [0, 0.05) is 25.2 Å². The van der Waals surface area contributed by atoms with Crippen LogP contribution < -0.4 is 5.32 Å². The SMILES string of the molecule is CCNC(Cc1cc(C)nn1C)C1C2CCCC21. The summed E-state index contributed by atoms with van der Waals surface area (Å²) in [6.45, 7) is 5.38. The van der Waals surface area contributed by atoms with Gasteiger partial charge in [-0.05, 0) is 50.1 Å². The van der Waals surface area contributed by atoms with Crippen LogP contribution in [0.5, 0.6) is 0 Å². The van der Waals surface area contributed by atoms with Crippen molar-refractivity contribution in [3.8, 4) is 0 Å². The first-order valence-electron chi connectivity index (χ1n) is 7.43. The van der Waals surface area contributed by atoms with E-state index in [2.05, 4.69) is 42.1 Å². The fourth-order valence-corrected chi connectivity index (χ4v) is 4.16. The Morgan fingerprint density at radius 3 is 2.72 bits per heavy atom. The van der Waals surface area contributed by atoms with Crippen molar-refractivity contribution >= 4 is 0 Å². The van der Waals surface area contributed by atoms with E-state index in [0.717, 1.165) is 36.4 Å². The van der Waals surface area contributed by atoms with Gasteiger partial charge in [-0.1, -0.05) is 13.3 Å². The molecule has 0 spiro atoms. The van der Waals surface area contributed by atoms with Gasteiger partial charge in [-0.15, -0.1) is 0 Å². The van der Waals surface area contributed by atoms with Gasteiger partial charge in [-0.25, -0.2) is 0 Å². The van der Waals surface area contributed by atoms with Crippen LogP contribution in [0, 0.1) is 24.7 Å². The van der Waals surface area contributed by atoms with Gasteiger partial charge < -0.3 is 5.32 Å². The number of nitrogens with one attached hydrogen (secondary N) is 1. The van der Waals surface area contributed by atoms with Crippen molar-refractivity contribution in [1.82, 2.24) is 15.1 Å². The summed E-state index contributed by atoms with van der Waals surface area (Å²) in [5.41, 5.74) is 2.52. The third kappa shape index (κ3) is 2.09. The first-order chi connectivity index (χ1) is 8.70. The molecule has 2 saturated carbocycles. The highest BCUT2D eigenvalue weighted by atomic mass is 15.3. The summed E-state index contributed by atoms with van der Waals surface area (Å²) in [6.07, 6.45) is 5.56. The quantitative estimate of drug-likeness (QED) is 0.865. The topological polar surface area (TPSA) is 29.9 Å². The highest BCUT2D eigenvalue weighted by molar-refractivity contribution is 5.14. The number of fused-ring (bicyclic) bond motifs is 1. The van der Waals surface area contributed by atoms with Crippen LogP contribution >= 0.6 is 0 Å². The molecule has 0 radical (unpaired) electrons. The Balaban J connectivity index is 1.69. The van der Waals surface area contributed by atoms with Crippen LogP contribution in [0.1, 0.15) is 37.6 Å². The van der Waals surface area contributed by atoms with Crippen LogP contribution in [0.25, 0.3) is 0 Å². The zero-order valence-electron chi connectivity index (χ0n) is 11.8. The standard InChI is InChI=1S/C15H25N3/c1-4-16-14(15-12-6-5-7-13(12)15)9-11-8-10(2)17-18(11)3/h8,12-16H,4-7,9H2,1-3H3. The summed E-state index contributed by atoms with van der Waals surface area (Å²) in [6, 6.07) is 2.91. The lowest BCUT2D eigenvalue weighted by Gasteiger charge is -2.19. The molecule has 3 unspecified atom stereocenters. The van der Waals surface area contributed by atoms with Crippen LogP contribution in [0.3, 0.4) is 0 Å². The van der Waals surface area contributed by atoms with Gasteiger partial charge in [0.05, 0.1) is 5.69 Å². The molecule has 3 nitrogen and oxygen atoms in total. The van der Waals surface area contributed by atoms with Crippen LogP contribution in [-0.4, -0.2) is 22.4 Å². The number of aryl methyl sites for hydroxylation is 2. The molecule has 1 aromatic heterocycles. The minimum atomic E-state index is 0.667. The molecule has 100 valence electrons. The van der Waals surface area contributed by atoms with E-state index in [4.69, 9.17) is 0 Å². The van der Waals surface area contributed by atoms with E-state index in [1.165, 1.54) is 25.0 Å². The molecule has 0 bridgehead atoms. The van der Waals surface area contributed by atoms with Gasteiger partial charge in [-0.3, -0.25) is 4.68 Å². The smallest absolute Gasteiger partial charge is 0.0596 e. The van der Waals surface area contributed by atoms with E-state index in [1.54, 1.807) is 0 Å². The van der Waals surface area contributed by atoms with E-state index in [0.29, 0.717) is 6.04 Å². The summed E-state index contributed by atoms with van der Waals surface area (Å²) in [4.78, 5) is 0. The van der Waals surface area contributed by atoms with E-state index < -0.39 is 0 Å². The van der Waals surface area contributed by atoms with E-state index in [9.17, 15) is 0 Å². The molecule has 3 rings (SSSR count). The summed E-state index contributed by atoms with van der Waals surface area (Å²) >= 11 is 0.